The Kier molecular flexibility index (Phi) is 6.71. The van der Waals surface area contributed by atoms with Crippen molar-refractivity contribution in [2.45, 2.75) is 59.1 Å². The second-order valence-electron chi connectivity index (χ2n) is 5.88. The van der Waals surface area contributed by atoms with Crippen molar-refractivity contribution in [2.24, 2.45) is 5.92 Å². The van der Waals surface area contributed by atoms with E-state index in [2.05, 4.69) is 24.1 Å². The maximum atomic E-state index is 11.8. The minimum atomic E-state index is -0.318. The zero-order chi connectivity index (χ0) is 15.1. The van der Waals surface area contributed by atoms with E-state index in [0.717, 1.165) is 5.82 Å². The molecule has 2 N–H and O–H groups in total. The van der Waals surface area contributed by atoms with E-state index in [-0.39, 0.29) is 12.0 Å². The number of rotatable bonds is 8. The molecule has 0 aromatic carbocycles. The molecule has 0 saturated carbocycles. The Labute approximate surface area is 121 Å². The van der Waals surface area contributed by atoms with Crippen LogP contribution in [0.5, 0.6) is 0 Å². The molecule has 5 heteroatoms. The van der Waals surface area contributed by atoms with Crippen LogP contribution in [0.1, 0.15) is 52.3 Å². The summed E-state index contributed by atoms with van der Waals surface area (Å²) < 4.78 is 2.03. The molecule has 20 heavy (non-hydrogen) atoms. The third-order valence-electron chi connectivity index (χ3n) is 3.24. The van der Waals surface area contributed by atoms with Crippen LogP contribution in [0.4, 0.5) is 0 Å². The van der Waals surface area contributed by atoms with E-state index in [1.807, 2.05) is 17.7 Å². The molecule has 1 heterocycles. The first-order valence-electron chi connectivity index (χ1n) is 7.36. The predicted octanol–water partition coefficient (Wildman–Crippen LogP) is 1.92. The minimum absolute atomic E-state index is 0.0471. The number of hydrogen-bond acceptors (Lipinski definition) is 3. The number of amides is 1. The average Bonchev–Trinajstić information content (AvgIpc) is 2.81. The summed E-state index contributed by atoms with van der Waals surface area (Å²) >= 11 is 0. The lowest BCUT2D eigenvalue weighted by atomic mass is 10.0. The molecule has 0 aliphatic carbocycles. The summed E-state index contributed by atoms with van der Waals surface area (Å²) in [6.45, 7) is 9.26. The number of carbonyl (C=O) groups is 1. The average molecular weight is 281 g/mol. The van der Waals surface area contributed by atoms with Gasteiger partial charge in [-0.15, -0.1) is 0 Å². The molecule has 2 atom stereocenters. The summed E-state index contributed by atoms with van der Waals surface area (Å²) in [7, 11) is 0. The molecule has 0 spiro atoms. The molecule has 0 saturated heterocycles. The van der Waals surface area contributed by atoms with Crippen LogP contribution in [0.2, 0.25) is 0 Å². The summed E-state index contributed by atoms with van der Waals surface area (Å²) in [5.41, 5.74) is 0. The number of nitrogens with one attached hydrogen (secondary N) is 1. The van der Waals surface area contributed by atoms with E-state index in [1.54, 1.807) is 13.1 Å². The Morgan fingerprint density at radius 2 is 2.10 bits per heavy atom. The molecule has 5 nitrogen and oxygen atoms in total. The Bertz CT molecular complexity index is 413. The predicted molar refractivity (Wildman–Crippen MR) is 79.4 cm³/mol. The van der Waals surface area contributed by atoms with E-state index in [4.69, 9.17) is 0 Å². The largest absolute Gasteiger partial charge is 0.393 e. The number of carbonyl (C=O) groups excluding carboxylic acids is 1. The number of aryl methyl sites for hydroxylation is 1. The summed E-state index contributed by atoms with van der Waals surface area (Å²) in [5.74, 6) is 1.71. The van der Waals surface area contributed by atoms with E-state index in [0.29, 0.717) is 37.8 Å². The lowest BCUT2D eigenvalue weighted by Gasteiger charge is -2.15. The van der Waals surface area contributed by atoms with Crippen LogP contribution in [0.15, 0.2) is 12.4 Å². The quantitative estimate of drug-likeness (QED) is 0.765. The van der Waals surface area contributed by atoms with Crippen molar-refractivity contribution in [3.63, 3.8) is 0 Å². The normalized spacial score (nSPS) is 14.3. The van der Waals surface area contributed by atoms with Crippen LogP contribution in [0, 0.1) is 5.92 Å². The molecular weight excluding hydrogens is 254 g/mol. The highest BCUT2D eigenvalue weighted by Crippen LogP contribution is 2.12. The molecule has 2 unspecified atom stereocenters. The standard InChI is InChI=1S/C15H27N3O2/c1-11(2)15-16-6-8-18(15)7-5-14(20)17-10-12(3)9-13(4)19/h6,8,11-13,19H,5,7,9-10H2,1-4H3,(H,17,20). The second-order valence-corrected chi connectivity index (χ2v) is 5.88. The van der Waals surface area contributed by atoms with E-state index in [9.17, 15) is 9.90 Å². The van der Waals surface area contributed by atoms with Gasteiger partial charge in [-0.25, -0.2) is 4.98 Å². The van der Waals surface area contributed by atoms with Crippen molar-refractivity contribution in [3.05, 3.63) is 18.2 Å². The topological polar surface area (TPSA) is 67.2 Å². The number of nitrogens with zero attached hydrogens (tertiary/aromatic N) is 2. The summed E-state index contributed by atoms with van der Waals surface area (Å²) in [6.07, 6.45) is 4.54. The highest BCUT2D eigenvalue weighted by Gasteiger charge is 2.10. The van der Waals surface area contributed by atoms with Gasteiger partial charge >= 0.3 is 0 Å². The van der Waals surface area contributed by atoms with Gasteiger partial charge in [-0.1, -0.05) is 20.8 Å². The number of aliphatic hydroxyl groups excluding tert-OH is 1. The minimum Gasteiger partial charge on any atom is -0.393 e. The maximum absolute atomic E-state index is 11.8. The van der Waals surface area contributed by atoms with Crippen LogP contribution >= 0.6 is 0 Å². The highest BCUT2D eigenvalue weighted by molar-refractivity contribution is 5.75. The molecule has 0 bridgehead atoms. The van der Waals surface area contributed by atoms with Gasteiger partial charge in [-0.05, 0) is 19.3 Å². The van der Waals surface area contributed by atoms with Crippen LogP contribution in [-0.2, 0) is 11.3 Å². The Morgan fingerprint density at radius 1 is 1.40 bits per heavy atom. The lowest BCUT2D eigenvalue weighted by Crippen LogP contribution is -2.30. The van der Waals surface area contributed by atoms with Crippen molar-refractivity contribution < 1.29 is 9.90 Å². The molecule has 0 aliphatic rings. The van der Waals surface area contributed by atoms with Gasteiger partial charge in [0.15, 0.2) is 0 Å². The monoisotopic (exact) mass is 281 g/mol. The molecule has 1 aromatic heterocycles. The first-order chi connectivity index (χ1) is 9.40. The summed E-state index contributed by atoms with van der Waals surface area (Å²) in [4.78, 5) is 16.1. The molecule has 0 fully saturated rings. The van der Waals surface area contributed by atoms with Gasteiger partial charge in [-0.2, -0.15) is 0 Å². The van der Waals surface area contributed by atoms with Gasteiger partial charge in [0, 0.05) is 37.8 Å². The van der Waals surface area contributed by atoms with Crippen LogP contribution < -0.4 is 5.32 Å². The van der Waals surface area contributed by atoms with Crippen LogP contribution in [-0.4, -0.2) is 33.2 Å². The fourth-order valence-electron chi connectivity index (χ4n) is 2.27. The first-order valence-corrected chi connectivity index (χ1v) is 7.36. The molecule has 0 radical (unpaired) electrons. The second kappa shape index (κ2) is 8.04. The summed E-state index contributed by atoms with van der Waals surface area (Å²) in [5, 5.41) is 12.2. The van der Waals surface area contributed by atoms with E-state index < -0.39 is 0 Å². The van der Waals surface area contributed by atoms with E-state index in [1.165, 1.54) is 0 Å². The Hall–Kier alpha value is -1.36. The number of hydrogen-bond donors (Lipinski definition) is 2. The zero-order valence-electron chi connectivity index (χ0n) is 13.0. The van der Waals surface area contributed by atoms with Gasteiger partial charge < -0.3 is 15.0 Å². The van der Waals surface area contributed by atoms with Crippen molar-refractivity contribution in [1.82, 2.24) is 14.9 Å². The van der Waals surface area contributed by atoms with Crippen LogP contribution in [0.3, 0.4) is 0 Å². The molecule has 114 valence electrons. The van der Waals surface area contributed by atoms with Gasteiger partial charge in [-0.3, -0.25) is 4.79 Å². The lowest BCUT2D eigenvalue weighted by molar-refractivity contribution is -0.121. The molecular formula is C15H27N3O2. The fraction of sp³-hybridized carbons (Fsp3) is 0.733. The van der Waals surface area contributed by atoms with Gasteiger partial charge in [0.25, 0.3) is 0 Å². The SMILES string of the molecule is CC(O)CC(C)CNC(=O)CCn1ccnc1C(C)C. The van der Waals surface area contributed by atoms with Crippen molar-refractivity contribution in [1.29, 1.82) is 0 Å². The number of aromatic nitrogens is 2. The third-order valence-corrected chi connectivity index (χ3v) is 3.24. The van der Waals surface area contributed by atoms with Gasteiger partial charge in [0.05, 0.1) is 6.10 Å². The maximum Gasteiger partial charge on any atom is 0.221 e. The fourth-order valence-corrected chi connectivity index (χ4v) is 2.27. The third kappa shape index (κ3) is 5.74. The van der Waals surface area contributed by atoms with Crippen molar-refractivity contribution in [3.8, 4) is 0 Å². The van der Waals surface area contributed by atoms with Crippen molar-refractivity contribution >= 4 is 5.91 Å². The molecule has 0 aliphatic heterocycles. The smallest absolute Gasteiger partial charge is 0.221 e. The van der Waals surface area contributed by atoms with Crippen LogP contribution in [0.25, 0.3) is 0 Å². The number of aliphatic hydroxyl groups is 1. The zero-order valence-corrected chi connectivity index (χ0v) is 13.0. The first kappa shape index (κ1) is 16.7. The van der Waals surface area contributed by atoms with Crippen molar-refractivity contribution in [2.75, 3.05) is 6.54 Å². The molecule has 1 aromatic rings. The van der Waals surface area contributed by atoms with Gasteiger partial charge in [0.2, 0.25) is 5.91 Å². The molecule has 1 rings (SSSR count). The highest BCUT2D eigenvalue weighted by atomic mass is 16.3. The Balaban J connectivity index is 2.31. The molecule has 1 amide bonds. The number of imidazole rings is 1. The summed E-state index contributed by atoms with van der Waals surface area (Å²) in [6, 6.07) is 0. The van der Waals surface area contributed by atoms with E-state index >= 15 is 0 Å². The van der Waals surface area contributed by atoms with Gasteiger partial charge in [0.1, 0.15) is 5.82 Å². The Morgan fingerprint density at radius 3 is 2.70 bits per heavy atom.